The molecule has 0 aromatic heterocycles. The Balaban J connectivity index is 3.20. The van der Waals surface area contributed by atoms with E-state index in [1.54, 1.807) is 40.0 Å². The van der Waals surface area contributed by atoms with Crippen molar-refractivity contribution in [1.29, 1.82) is 5.41 Å². The van der Waals surface area contributed by atoms with Crippen LogP contribution in [0.2, 0.25) is 0 Å². The lowest BCUT2D eigenvalue weighted by Crippen LogP contribution is -2.58. The molecule has 0 aliphatic carbocycles. The van der Waals surface area contributed by atoms with Crippen molar-refractivity contribution in [2.24, 2.45) is 0 Å². The van der Waals surface area contributed by atoms with Gasteiger partial charge in [-0.3, -0.25) is 4.79 Å². The predicted molar refractivity (Wildman–Crippen MR) is 87.1 cm³/mol. The predicted octanol–water partition coefficient (Wildman–Crippen LogP) is 0.961. The molecule has 3 N–H and O–H groups in total. The van der Waals surface area contributed by atoms with Gasteiger partial charge < -0.3 is 16.0 Å². The van der Waals surface area contributed by atoms with Gasteiger partial charge in [-0.25, -0.2) is 8.42 Å². The van der Waals surface area contributed by atoms with E-state index < -0.39 is 20.6 Å². The van der Waals surface area contributed by atoms with Crippen molar-refractivity contribution in [1.82, 2.24) is 10.6 Å². The minimum absolute atomic E-state index is 0.0721. The molecule has 0 spiro atoms. The second kappa shape index (κ2) is 6.58. The number of hydrogen-bond acceptors (Lipinski definition) is 5. The van der Waals surface area contributed by atoms with E-state index in [1.165, 1.54) is 19.2 Å². The summed E-state index contributed by atoms with van der Waals surface area (Å²) in [4.78, 5) is 12.2. The molecule has 1 amide bonds. The van der Waals surface area contributed by atoms with E-state index in [4.69, 9.17) is 5.41 Å². The van der Waals surface area contributed by atoms with Crippen LogP contribution in [0.5, 0.6) is 0 Å². The number of sulfone groups is 1. The Bertz CT molecular complexity index is 666. The van der Waals surface area contributed by atoms with Crippen molar-refractivity contribution < 1.29 is 13.2 Å². The molecule has 122 valence electrons. The largest absolute Gasteiger partial charge is 0.357 e. The standard InChI is InChI=1S/C15H23N3O3S/c1-10(2)22(20,21)12-8-6-11(7-9-12)13(16)15(3,18-5)14(19)17-4/h6-10,16,18H,1-5H3,(H,17,19). The van der Waals surface area contributed by atoms with E-state index in [2.05, 4.69) is 10.6 Å². The highest BCUT2D eigenvalue weighted by molar-refractivity contribution is 7.92. The third-order valence-electron chi connectivity index (χ3n) is 3.77. The van der Waals surface area contributed by atoms with Crippen molar-refractivity contribution in [2.75, 3.05) is 14.1 Å². The molecular formula is C15H23N3O3S. The highest BCUT2D eigenvalue weighted by atomic mass is 32.2. The van der Waals surface area contributed by atoms with Gasteiger partial charge in [0.05, 0.1) is 15.9 Å². The number of amides is 1. The first-order valence-corrected chi connectivity index (χ1v) is 8.50. The van der Waals surface area contributed by atoms with Gasteiger partial charge in [0.15, 0.2) is 9.84 Å². The Morgan fingerprint density at radius 1 is 1.18 bits per heavy atom. The molecule has 1 unspecified atom stereocenters. The van der Waals surface area contributed by atoms with Crippen LogP contribution in [0.25, 0.3) is 0 Å². The first-order valence-electron chi connectivity index (χ1n) is 6.95. The molecule has 0 aliphatic rings. The molecule has 1 rings (SSSR count). The van der Waals surface area contributed by atoms with Gasteiger partial charge in [-0.1, -0.05) is 12.1 Å². The molecule has 0 aliphatic heterocycles. The lowest BCUT2D eigenvalue weighted by atomic mass is 9.89. The summed E-state index contributed by atoms with van der Waals surface area (Å²) in [5.74, 6) is -0.334. The molecule has 0 fully saturated rings. The van der Waals surface area contributed by atoms with E-state index in [0.717, 1.165) is 0 Å². The summed E-state index contributed by atoms with van der Waals surface area (Å²) in [5.41, 5.74) is -0.626. The number of benzene rings is 1. The average molecular weight is 325 g/mol. The Morgan fingerprint density at radius 2 is 1.68 bits per heavy atom. The Kier molecular flexibility index (Phi) is 5.48. The van der Waals surface area contributed by atoms with Gasteiger partial charge in [-0.05, 0) is 45.5 Å². The highest BCUT2D eigenvalue weighted by Gasteiger charge is 2.36. The minimum Gasteiger partial charge on any atom is -0.357 e. The molecule has 0 saturated carbocycles. The summed E-state index contributed by atoms with van der Waals surface area (Å²) in [7, 11) is -0.245. The molecular weight excluding hydrogens is 302 g/mol. The molecule has 0 saturated heterocycles. The van der Waals surface area contributed by atoms with Crippen LogP contribution >= 0.6 is 0 Å². The number of carbonyl (C=O) groups is 1. The van der Waals surface area contributed by atoms with Gasteiger partial charge in [0.25, 0.3) is 0 Å². The van der Waals surface area contributed by atoms with Gasteiger partial charge >= 0.3 is 0 Å². The zero-order chi connectivity index (χ0) is 17.1. The molecule has 0 heterocycles. The summed E-state index contributed by atoms with van der Waals surface area (Å²) >= 11 is 0. The Morgan fingerprint density at radius 3 is 2.05 bits per heavy atom. The van der Waals surface area contributed by atoms with Gasteiger partial charge in [0, 0.05) is 7.05 Å². The van der Waals surface area contributed by atoms with E-state index >= 15 is 0 Å². The van der Waals surface area contributed by atoms with Crippen LogP contribution < -0.4 is 10.6 Å². The van der Waals surface area contributed by atoms with E-state index in [1.807, 2.05) is 0 Å². The first kappa shape index (κ1) is 18.3. The number of carbonyl (C=O) groups excluding carboxylic acids is 1. The third kappa shape index (κ3) is 3.20. The maximum absolute atomic E-state index is 12.1. The summed E-state index contributed by atoms with van der Waals surface area (Å²) < 4.78 is 24.2. The van der Waals surface area contributed by atoms with Crippen LogP contribution in [0.15, 0.2) is 29.2 Å². The van der Waals surface area contributed by atoms with Gasteiger partial charge in [0.1, 0.15) is 5.54 Å². The number of nitrogens with one attached hydrogen (secondary N) is 3. The van der Waals surface area contributed by atoms with Crippen LogP contribution in [0.4, 0.5) is 0 Å². The maximum Gasteiger partial charge on any atom is 0.245 e. The maximum atomic E-state index is 12.1. The zero-order valence-corrected chi connectivity index (χ0v) is 14.3. The lowest BCUT2D eigenvalue weighted by molar-refractivity contribution is -0.123. The highest BCUT2D eigenvalue weighted by Crippen LogP contribution is 2.19. The second-order valence-corrected chi connectivity index (χ2v) is 7.95. The van der Waals surface area contributed by atoms with Crippen LogP contribution in [-0.2, 0) is 14.6 Å². The molecule has 0 radical (unpaired) electrons. The van der Waals surface area contributed by atoms with Crippen molar-refractivity contribution in [3.05, 3.63) is 29.8 Å². The SMILES string of the molecule is CNC(=O)C(C)(NC)C(=N)c1ccc(S(=O)(=O)C(C)C)cc1. The molecule has 7 heteroatoms. The molecule has 22 heavy (non-hydrogen) atoms. The lowest BCUT2D eigenvalue weighted by Gasteiger charge is -2.28. The molecule has 6 nitrogen and oxygen atoms in total. The zero-order valence-electron chi connectivity index (χ0n) is 13.5. The summed E-state index contributed by atoms with van der Waals surface area (Å²) in [6.45, 7) is 4.84. The van der Waals surface area contributed by atoms with E-state index in [9.17, 15) is 13.2 Å². The molecule has 1 aromatic carbocycles. The summed E-state index contributed by atoms with van der Waals surface area (Å²) in [6, 6.07) is 6.05. The Labute approximate surface area is 131 Å². The topological polar surface area (TPSA) is 99.1 Å². The smallest absolute Gasteiger partial charge is 0.245 e. The van der Waals surface area contributed by atoms with Crippen molar-refractivity contribution >= 4 is 21.5 Å². The van der Waals surface area contributed by atoms with Crippen LogP contribution in [0, 0.1) is 5.41 Å². The minimum atomic E-state index is -3.35. The fourth-order valence-electron chi connectivity index (χ4n) is 1.97. The second-order valence-electron chi connectivity index (χ2n) is 5.45. The van der Waals surface area contributed by atoms with Gasteiger partial charge in [0.2, 0.25) is 5.91 Å². The fraction of sp³-hybridized carbons (Fsp3) is 0.467. The quantitative estimate of drug-likeness (QED) is 0.678. The molecule has 0 bridgehead atoms. The van der Waals surface area contributed by atoms with Crippen LogP contribution in [-0.4, -0.2) is 44.9 Å². The normalized spacial score (nSPS) is 14.5. The van der Waals surface area contributed by atoms with E-state index in [-0.39, 0.29) is 16.5 Å². The van der Waals surface area contributed by atoms with Crippen molar-refractivity contribution in [3.8, 4) is 0 Å². The van der Waals surface area contributed by atoms with Crippen LogP contribution in [0.1, 0.15) is 26.3 Å². The van der Waals surface area contributed by atoms with Crippen molar-refractivity contribution in [3.63, 3.8) is 0 Å². The molecule has 1 atom stereocenters. The van der Waals surface area contributed by atoms with Crippen LogP contribution in [0.3, 0.4) is 0 Å². The number of likely N-dealkylation sites (N-methyl/N-ethyl adjacent to an activating group) is 2. The summed E-state index contributed by atoms with van der Waals surface area (Å²) in [6.07, 6.45) is 0. The third-order valence-corrected chi connectivity index (χ3v) is 5.94. The van der Waals surface area contributed by atoms with Gasteiger partial charge in [-0.2, -0.15) is 0 Å². The average Bonchev–Trinajstić information content (AvgIpc) is 2.52. The number of hydrogen-bond donors (Lipinski definition) is 3. The Hall–Kier alpha value is -1.73. The summed E-state index contributed by atoms with van der Waals surface area (Å²) in [5, 5.41) is 13.1. The fourth-order valence-corrected chi connectivity index (χ4v) is 3.03. The van der Waals surface area contributed by atoms with Crippen molar-refractivity contribution in [2.45, 2.75) is 36.5 Å². The van der Waals surface area contributed by atoms with Gasteiger partial charge in [-0.15, -0.1) is 0 Å². The van der Waals surface area contributed by atoms with E-state index in [0.29, 0.717) is 5.56 Å². The number of rotatable bonds is 6. The first-order chi connectivity index (χ1) is 10.1. The molecule has 1 aromatic rings. The monoisotopic (exact) mass is 325 g/mol.